The van der Waals surface area contributed by atoms with E-state index >= 15 is 0 Å². The Balaban J connectivity index is 1.48. The highest BCUT2D eigenvalue weighted by atomic mass is 16.5. The molecule has 3 atom stereocenters. The fourth-order valence-electron chi connectivity index (χ4n) is 3.50. The third-order valence-corrected chi connectivity index (χ3v) is 4.22. The summed E-state index contributed by atoms with van der Waals surface area (Å²) in [6.45, 7) is 0.460. The molecule has 0 saturated heterocycles. The molecular weight excluding hydrogens is 204 g/mol. The van der Waals surface area contributed by atoms with Crippen molar-refractivity contribution in [2.24, 2.45) is 17.8 Å². The largest absolute Gasteiger partial charge is 0.480 e. The summed E-state index contributed by atoms with van der Waals surface area (Å²) in [4.78, 5) is 10.2. The Kier molecular flexibility index (Phi) is 4.22. The van der Waals surface area contributed by atoms with E-state index in [0.717, 1.165) is 24.2 Å². The number of aliphatic carboxylic acids is 1. The molecule has 2 aliphatic carbocycles. The van der Waals surface area contributed by atoms with E-state index in [1.165, 1.54) is 38.5 Å². The first-order valence-corrected chi connectivity index (χ1v) is 6.55. The second-order valence-corrected chi connectivity index (χ2v) is 5.38. The summed E-state index contributed by atoms with van der Waals surface area (Å²) >= 11 is 0. The van der Waals surface area contributed by atoms with E-state index < -0.39 is 5.97 Å². The molecule has 0 aromatic rings. The Labute approximate surface area is 97.2 Å². The van der Waals surface area contributed by atoms with Gasteiger partial charge in [-0.2, -0.15) is 0 Å². The molecule has 0 aliphatic heterocycles. The Morgan fingerprint density at radius 2 is 2.12 bits per heavy atom. The summed E-state index contributed by atoms with van der Waals surface area (Å²) in [6.07, 6.45) is 9.43. The lowest BCUT2D eigenvalue weighted by Gasteiger charge is -2.21. The van der Waals surface area contributed by atoms with Crippen molar-refractivity contribution in [3.8, 4) is 0 Å². The molecule has 2 fully saturated rings. The smallest absolute Gasteiger partial charge is 0.329 e. The SMILES string of the molecule is O=C(O)COCCCCC1CC2CCC1C2. The van der Waals surface area contributed by atoms with Gasteiger partial charge in [-0.15, -0.1) is 0 Å². The number of hydrogen-bond acceptors (Lipinski definition) is 2. The zero-order valence-corrected chi connectivity index (χ0v) is 9.86. The monoisotopic (exact) mass is 226 g/mol. The average molecular weight is 226 g/mol. The molecule has 0 heterocycles. The first kappa shape index (κ1) is 11.9. The van der Waals surface area contributed by atoms with Crippen LogP contribution in [0.2, 0.25) is 0 Å². The molecule has 0 spiro atoms. The van der Waals surface area contributed by atoms with Crippen molar-refractivity contribution in [3.63, 3.8) is 0 Å². The lowest BCUT2D eigenvalue weighted by atomic mass is 9.85. The number of ether oxygens (including phenoxy) is 1. The summed E-state index contributed by atoms with van der Waals surface area (Å²) in [7, 11) is 0. The maximum atomic E-state index is 10.2. The fourth-order valence-corrected chi connectivity index (χ4v) is 3.50. The van der Waals surface area contributed by atoms with E-state index in [2.05, 4.69) is 0 Å². The summed E-state index contributed by atoms with van der Waals surface area (Å²) in [5.41, 5.74) is 0. The predicted octanol–water partition coefficient (Wildman–Crippen LogP) is 2.69. The minimum Gasteiger partial charge on any atom is -0.480 e. The minimum absolute atomic E-state index is 0.145. The van der Waals surface area contributed by atoms with Crippen LogP contribution in [0.3, 0.4) is 0 Å². The molecule has 1 N–H and O–H groups in total. The first-order valence-electron chi connectivity index (χ1n) is 6.55. The van der Waals surface area contributed by atoms with Crippen LogP contribution in [0.5, 0.6) is 0 Å². The number of carboxylic acid groups (broad SMARTS) is 1. The van der Waals surface area contributed by atoms with Crippen molar-refractivity contribution in [1.82, 2.24) is 0 Å². The lowest BCUT2D eigenvalue weighted by molar-refractivity contribution is -0.142. The van der Waals surface area contributed by atoms with Crippen LogP contribution < -0.4 is 0 Å². The van der Waals surface area contributed by atoms with E-state index in [1.54, 1.807) is 0 Å². The van der Waals surface area contributed by atoms with Crippen LogP contribution >= 0.6 is 0 Å². The van der Waals surface area contributed by atoms with Gasteiger partial charge in [0, 0.05) is 6.61 Å². The normalized spacial score (nSPS) is 32.1. The van der Waals surface area contributed by atoms with E-state index in [4.69, 9.17) is 9.84 Å². The van der Waals surface area contributed by atoms with Gasteiger partial charge >= 0.3 is 5.97 Å². The third-order valence-electron chi connectivity index (χ3n) is 4.22. The lowest BCUT2D eigenvalue weighted by Crippen LogP contribution is -2.11. The van der Waals surface area contributed by atoms with Crippen molar-refractivity contribution >= 4 is 5.97 Å². The summed E-state index contributed by atoms with van der Waals surface area (Å²) in [5.74, 6) is 2.16. The van der Waals surface area contributed by atoms with Gasteiger partial charge in [-0.05, 0) is 43.4 Å². The van der Waals surface area contributed by atoms with Crippen LogP contribution in [0.4, 0.5) is 0 Å². The van der Waals surface area contributed by atoms with Gasteiger partial charge < -0.3 is 9.84 Å². The van der Waals surface area contributed by atoms with Gasteiger partial charge in [0.1, 0.15) is 6.61 Å². The Morgan fingerprint density at radius 3 is 2.75 bits per heavy atom. The maximum absolute atomic E-state index is 10.2. The average Bonchev–Trinajstić information content (AvgIpc) is 2.84. The van der Waals surface area contributed by atoms with Crippen LogP contribution in [0.1, 0.15) is 44.9 Å². The summed E-state index contributed by atoms with van der Waals surface area (Å²) in [5, 5.41) is 8.39. The highest BCUT2D eigenvalue weighted by Gasteiger charge is 2.38. The van der Waals surface area contributed by atoms with Crippen molar-refractivity contribution in [1.29, 1.82) is 0 Å². The van der Waals surface area contributed by atoms with Gasteiger partial charge in [0.05, 0.1) is 0 Å². The molecule has 0 radical (unpaired) electrons. The molecule has 92 valence electrons. The van der Waals surface area contributed by atoms with E-state index in [-0.39, 0.29) is 6.61 Å². The van der Waals surface area contributed by atoms with Crippen LogP contribution in [-0.2, 0) is 9.53 Å². The number of fused-ring (bicyclic) bond motifs is 2. The standard InChI is InChI=1S/C13H22O3/c14-13(15)9-16-6-2-1-3-11-7-10-4-5-12(11)8-10/h10-12H,1-9H2,(H,14,15). The van der Waals surface area contributed by atoms with Crippen molar-refractivity contribution in [2.75, 3.05) is 13.2 Å². The molecule has 2 bridgehead atoms. The van der Waals surface area contributed by atoms with Gasteiger partial charge in [-0.1, -0.05) is 19.3 Å². The molecule has 2 aliphatic rings. The predicted molar refractivity (Wildman–Crippen MR) is 61.2 cm³/mol. The number of rotatable bonds is 7. The zero-order valence-electron chi connectivity index (χ0n) is 9.86. The van der Waals surface area contributed by atoms with Gasteiger partial charge in [0.2, 0.25) is 0 Å². The van der Waals surface area contributed by atoms with Crippen LogP contribution in [0, 0.1) is 17.8 Å². The second-order valence-electron chi connectivity index (χ2n) is 5.38. The molecule has 3 nitrogen and oxygen atoms in total. The van der Waals surface area contributed by atoms with Crippen LogP contribution in [-0.4, -0.2) is 24.3 Å². The number of carboxylic acids is 1. The number of hydrogen-bond donors (Lipinski definition) is 1. The van der Waals surface area contributed by atoms with Gasteiger partial charge in [0.25, 0.3) is 0 Å². The Bertz CT molecular complexity index is 239. The maximum Gasteiger partial charge on any atom is 0.329 e. The van der Waals surface area contributed by atoms with Crippen molar-refractivity contribution < 1.29 is 14.6 Å². The molecule has 0 amide bonds. The van der Waals surface area contributed by atoms with E-state index in [0.29, 0.717) is 6.61 Å². The van der Waals surface area contributed by atoms with Crippen LogP contribution in [0.15, 0.2) is 0 Å². The van der Waals surface area contributed by atoms with E-state index in [1.807, 2.05) is 0 Å². The van der Waals surface area contributed by atoms with Gasteiger partial charge in [0.15, 0.2) is 0 Å². The fraction of sp³-hybridized carbons (Fsp3) is 0.923. The number of carbonyl (C=O) groups is 1. The Morgan fingerprint density at radius 1 is 1.25 bits per heavy atom. The molecule has 2 saturated carbocycles. The molecule has 0 aromatic carbocycles. The molecule has 3 unspecified atom stereocenters. The Hall–Kier alpha value is -0.570. The van der Waals surface area contributed by atoms with E-state index in [9.17, 15) is 4.79 Å². The number of unbranched alkanes of at least 4 members (excludes halogenated alkanes) is 1. The zero-order chi connectivity index (χ0) is 11.4. The molecule has 2 rings (SSSR count). The molecule has 16 heavy (non-hydrogen) atoms. The van der Waals surface area contributed by atoms with Crippen molar-refractivity contribution in [2.45, 2.75) is 44.9 Å². The second kappa shape index (κ2) is 5.67. The summed E-state index contributed by atoms with van der Waals surface area (Å²) < 4.78 is 5.02. The molecular formula is C13H22O3. The van der Waals surface area contributed by atoms with Gasteiger partial charge in [-0.3, -0.25) is 0 Å². The van der Waals surface area contributed by atoms with Gasteiger partial charge in [-0.25, -0.2) is 4.79 Å². The quantitative estimate of drug-likeness (QED) is 0.679. The molecule has 3 heteroatoms. The molecule has 0 aromatic heterocycles. The first-order chi connectivity index (χ1) is 7.75. The summed E-state index contributed by atoms with van der Waals surface area (Å²) in [6, 6.07) is 0. The minimum atomic E-state index is -0.867. The highest BCUT2D eigenvalue weighted by Crippen LogP contribution is 2.49. The highest BCUT2D eigenvalue weighted by molar-refractivity contribution is 5.67. The van der Waals surface area contributed by atoms with Crippen molar-refractivity contribution in [3.05, 3.63) is 0 Å². The van der Waals surface area contributed by atoms with Crippen LogP contribution in [0.25, 0.3) is 0 Å². The third kappa shape index (κ3) is 3.21. The topological polar surface area (TPSA) is 46.5 Å².